The van der Waals surface area contributed by atoms with Gasteiger partial charge in [-0.25, -0.2) is 0 Å². The molecule has 1 aromatic carbocycles. The number of nitrogens with one attached hydrogen (secondary N) is 1. The van der Waals surface area contributed by atoms with Crippen molar-refractivity contribution in [1.29, 1.82) is 15.8 Å². The summed E-state index contributed by atoms with van der Waals surface area (Å²) in [5.74, 6) is 0. The molecule has 0 fully saturated rings. The summed E-state index contributed by atoms with van der Waals surface area (Å²) in [6, 6.07) is 7.48. The van der Waals surface area contributed by atoms with E-state index in [9.17, 15) is 13.2 Å². The third-order valence-electron chi connectivity index (χ3n) is 2.13. The van der Waals surface area contributed by atoms with Crippen molar-refractivity contribution in [3.8, 4) is 18.2 Å². The van der Waals surface area contributed by atoms with E-state index in [0.29, 0.717) is 4.47 Å². The van der Waals surface area contributed by atoms with Gasteiger partial charge in [-0.15, -0.1) is 0 Å². The minimum atomic E-state index is -4.64. The number of hydrogen-bond acceptors (Lipinski definition) is 4. The fraction of sp³-hybridized carbons (Fsp3) is 0.0833. The summed E-state index contributed by atoms with van der Waals surface area (Å²) in [4.78, 5) is 0. The van der Waals surface area contributed by atoms with E-state index in [1.165, 1.54) is 24.3 Å². The SMILES string of the molecule is N#CC(C#N)=C(C#N)Nc1cc(Br)ccc1C(F)(F)F. The van der Waals surface area contributed by atoms with Crippen molar-refractivity contribution in [2.75, 3.05) is 5.32 Å². The van der Waals surface area contributed by atoms with Crippen LogP contribution in [0.25, 0.3) is 0 Å². The summed E-state index contributed by atoms with van der Waals surface area (Å²) >= 11 is 3.01. The van der Waals surface area contributed by atoms with Crippen LogP contribution in [0.4, 0.5) is 18.9 Å². The highest BCUT2D eigenvalue weighted by atomic mass is 79.9. The van der Waals surface area contributed by atoms with Gasteiger partial charge in [-0.1, -0.05) is 15.9 Å². The second kappa shape index (κ2) is 6.10. The van der Waals surface area contributed by atoms with Crippen LogP contribution in [0.2, 0.25) is 0 Å². The molecule has 1 aromatic rings. The number of nitrogens with zero attached hydrogens (tertiary/aromatic N) is 3. The van der Waals surface area contributed by atoms with Crippen LogP contribution in [0, 0.1) is 34.0 Å². The van der Waals surface area contributed by atoms with Gasteiger partial charge in [0.25, 0.3) is 0 Å². The number of alkyl halides is 3. The van der Waals surface area contributed by atoms with Crippen LogP contribution in [0.15, 0.2) is 33.9 Å². The van der Waals surface area contributed by atoms with Gasteiger partial charge < -0.3 is 5.32 Å². The second-order valence-electron chi connectivity index (χ2n) is 3.40. The fourth-order valence-corrected chi connectivity index (χ4v) is 1.65. The van der Waals surface area contributed by atoms with Crippen molar-refractivity contribution >= 4 is 21.6 Å². The summed E-state index contributed by atoms with van der Waals surface area (Å²) < 4.78 is 38.8. The van der Waals surface area contributed by atoms with Crippen LogP contribution in [0.1, 0.15) is 5.56 Å². The van der Waals surface area contributed by atoms with E-state index in [0.717, 1.165) is 12.1 Å². The smallest absolute Gasteiger partial charge is 0.345 e. The summed E-state index contributed by atoms with van der Waals surface area (Å²) in [6.45, 7) is 0. The van der Waals surface area contributed by atoms with Crippen molar-refractivity contribution in [3.63, 3.8) is 0 Å². The number of nitriles is 3. The van der Waals surface area contributed by atoms with Crippen LogP contribution >= 0.6 is 15.9 Å². The predicted octanol–water partition coefficient (Wildman–Crippen LogP) is 3.70. The van der Waals surface area contributed by atoms with Gasteiger partial charge in [0.15, 0.2) is 5.57 Å². The Morgan fingerprint density at radius 1 is 1.10 bits per heavy atom. The Labute approximate surface area is 120 Å². The Bertz CT molecular complexity index is 671. The van der Waals surface area contributed by atoms with Gasteiger partial charge in [0, 0.05) is 4.47 Å². The zero-order valence-electron chi connectivity index (χ0n) is 9.59. The van der Waals surface area contributed by atoms with Gasteiger partial charge in [0.05, 0.1) is 11.3 Å². The first-order chi connectivity index (χ1) is 9.33. The minimum absolute atomic E-state index is 0.348. The molecule has 0 aliphatic carbocycles. The molecular formula is C12H4BrF3N4. The van der Waals surface area contributed by atoms with E-state index in [-0.39, 0.29) is 0 Å². The highest BCUT2D eigenvalue weighted by Crippen LogP contribution is 2.36. The maximum atomic E-state index is 12.8. The van der Waals surface area contributed by atoms with E-state index < -0.39 is 28.7 Å². The van der Waals surface area contributed by atoms with Gasteiger partial charge in [0.1, 0.15) is 23.9 Å². The molecule has 0 aliphatic rings. The average Bonchev–Trinajstić information content (AvgIpc) is 2.37. The molecule has 0 aliphatic heterocycles. The number of rotatable bonds is 2. The highest BCUT2D eigenvalue weighted by Gasteiger charge is 2.33. The molecule has 0 bridgehead atoms. The predicted molar refractivity (Wildman–Crippen MR) is 66.6 cm³/mol. The molecule has 0 saturated heterocycles. The average molecular weight is 341 g/mol. The molecule has 4 nitrogen and oxygen atoms in total. The molecule has 0 aromatic heterocycles. The first-order valence-electron chi connectivity index (χ1n) is 4.91. The number of allylic oxidation sites excluding steroid dienone is 2. The van der Waals surface area contributed by atoms with Crippen LogP contribution in [0.3, 0.4) is 0 Å². The zero-order valence-corrected chi connectivity index (χ0v) is 11.2. The van der Waals surface area contributed by atoms with Crippen LogP contribution in [-0.4, -0.2) is 0 Å². The number of hydrogen-bond donors (Lipinski definition) is 1. The van der Waals surface area contributed by atoms with Crippen LogP contribution < -0.4 is 5.32 Å². The van der Waals surface area contributed by atoms with E-state index in [4.69, 9.17) is 15.8 Å². The van der Waals surface area contributed by atoms with Crippen molar-refractivity contribution in [2.45, 2.75) is 6.18 Å². The molecule has 0 heterocycles. The largest absolute Gasteiger partial charge is 0.418 e. The number of benzene rings is 1. The van der Waals surface area contributed by atoms with Gasteiger partial charge in [0.2, 0.25) is 0 Å². The van der Waals surface area contributed by atoms with Crippen molar-refractivity contribution < 1.29 is 13.2 Å². The van der Waals surface area contributed by atoms with Crippen LogP contribution in [0.5, 0.6) is 0 Å². The highest BCUT2D eigenvalue weighted by molar-refractivity contribution is 9.10. The molecule has 0 atom stereocenters. The molecule has 0 saturated carbocycles. The standard InChI is InChI=1S/C12H4BrF3N4/c13-8-1-2-9(12(14,15)16)10(3-8)20-11(6-19)7(4-17)5-18/h1-3,20H. The van der Waals surface area contributed by atoms with Gasteiger partial charge in [-0.05, 0) is 18.2 Å². The lowest BCUT2D eigenvalue weighted by atomic mass is 10.1. The third kappa shape index (κ3) is 3.50. The Morgan fingerprint density at radius 2 is 1.70 bits per heavy atom. The van der Waals surface area contributed by atoms with Crippen LogP contribution in [-0.2, 0) is 6.18 Å². The van der Waals surface area contributed by atoms with Crippen molar-refractivity contribution in [3.05, 3.63) is 39.5 Å². The monoisotopic (exact) mass is 340 g/mol. The lowest BCUT2D eigenvalue weighted by Crippen LogP contribution is -2.11. The van der Waals surface area contributed by atoms with Crippen molar-refractivity contribution in [1.82, 2.24) is 0 Å². The Kier molecular flexibility index (Phi) is 4.74. The quantitative estimate of drug-likeness (QED) is 0.832. The van der Waals surface area contributed by atoms with E-state index >= 15 is 0 Å². The molecular weight excluding hydrogens is 337 g/mol. The fourth-order valence-electron chi connectivity index (χ4n) is 1.28. The summed E-state index contributed by atoms with van der Waals surface area (Å²) in [5, 5.41) is 28.3. The molecule has 0 spiro atoms. The number of halogens is 4. The van der Waals surface area contributed by atoms with E-state index in [1.54, 1.807) is 0 Å². The van der Waals surface area contributed by atoms with Gasteiger partial charge in [-0.2, -0.15) is 29.0 Å². The lowest BCUT2D eigenvalue weighted by molar-refractivity contribution is -0.136. The third-order valence-corrected chi connectivity index (χ3v) is 2.63. The molecule has 0 amide bonds. The maximum Gasteiger partial charge on any atom is 0.418 e. The molecule has 1 N–H and O–H groups in total. The van der Waals surface area contributed by atoms with Gasteiger partial charge in [-0.3, -0.25) is 0 Å². The molecule has 0 radical (unpaired) electrons. The first-order valence-corrected chi connectivity index (χ1v) is 5.71. The zero-order chi connectivity index (χ0) is 15.3. The summed E-state index contributed by atoms with van der Waals surface area (Å²) in [5.41, 5.74) is -2.57. The van der Waals surface area contributed by atoms with Gasteiger partial charge >= 0.3 is 6.18 Å². The molecule has 0 unspecified atom stereocenters. The molecule has 100 valence electrons. The minimum Gasteiger partial charge on any atom is -0.345 e. The molecule has 20 heavy (non-hydrogen) atoms. The Hall–Kier alpha value is -2.50. The number of anilines is 1. The normalized spacial score (nSPS) is 9.85. The molecule has 1 rings (SSSR count). The summed E-state index contributed by atoms with van der Waals surface area (Å²) in [7, 11) is 0. The lowest BCUT2D eigenvalue weighted by Gasteiger charge is -2.14. The maximum absolute atomic E-state index is 12.8. The first kappa shape index (κ1) is 15.6. The Morgan fingerprint density at radius 3 is 2.15 bits per heavy atom. The Balaban J connectivity index is 3.40. The topological polar surface area (TPSA) is 83.4 Å². The second-order valence-corrected chi connectivity index (χ2v) is 4.31. The molecule has 8 heteroatoms. The van der Waals surface area contributed by atoms with Crippen molar-refractivity contribution in [2.24, 2.45) is 0 Å². The summed E-state index contributed by atoms with van der Waals surface area (Å²) in [6.07, 6.45) is -4.64. The van der Waals surface area contributed by atoms with E-state index in [1.807, 2.05) is 0 Å². The van der Waals surface area contributed by atoms with E-state index in [2.05, 4.69) is 21.2 Å².